The summed E-state index contributed by atoms with van der Waals surface area (Å²) < 4.78 is 0.893. The van der Waals surface area contributed by atoms with Crippen LogP contribution in [0.3, 0.4) is 0 Å². The van der Waals surface area contributed by atoms with E-state index in [0.29, 0.717) is 23.4 Å². The predicted octanol–water partition coefficient (Wildman–Crippen LogP) is 4.67. The molecule has 0 fully saturated rings. The molecule has 2 aromatic carbocycles. The van der Waals surface area contributed by atoms with Gasteiger partial charge in [0.05, 0.1) is 0 Å². The Morgan fingerprint density at radius 1 is 1.00 bits per heavy atom. The molecule has 2 N–H and O–H groups in total. The third kappa shape index (κ3) is 4.42. The Bertz CT molecular complexity index is 757. The van der Waals surface area contributed by atoms with Crippen molar-refractivity contribution in [3.63, 3.8) is 0 Å². The molecule has 0 saturated heterocycles. The first-order valence-corrected chi connectivity index (χ1v) is 8.18. The predicted molar refractivity (Wildman–Crippen MR) is 96.9 cm³/mol. The molecule has 2 amide bonds. The smallest absolute Gasteiger partial charge is 0.255 e. The summed E-state index contributed by atoms with van der Waals surface area (Å²) in [4.78, 5) is 23.9. The second kappa shape index (κ2) is 7.42. The summed E-state index contributed by atoms with van der Waals surface area (Å²) in [6, 6.07) is 10.9. The van der Waals surface area contributed by atoms with Gasteiger partial charge in [-0.25, -0.2) is 0 Å². The highest BCUT2D eigenvalue weighted by molar-refractivity contribution is 9.10. The Labute approximate surface area is 144 Å². The number of halogens is 1. The minimum absolute atomic E-state index is 0.0564. The Kier molecular flexibility index (Phi) is 5.55. The van der Waals surface area contributed by atoms with Crippen molar-refractivity contribution in [3.8, 4) is 0 Å². The molecule has 0 radical (unpaired) electrons. The summed E-state index contributed by atoms with van der Waals surface area (Å²) in [6.07, 6.45) is 0.410. The van der Waals surface area contributed by atoms with Crippen LogP contribution in [0.25, 0.3) is 0 Å². The number of aryl methyl sites for hydroxylation is 2. The zero-order chi connectivity index (χ0) is 17.0. The van der Waals surface area contributed by atoms with E-state index >= 15 is 0 Å². The van der Waals surface area contributed by atoms with Crippen LogP contribution in [-0.2, 0) is 4.79 Å². The van der Waals surface area contributed by atoms with E-state index in [4.69, 9.17) is 0 Å². The average Bonchev–Trinajstić information content (AvgIpc) is 2.53. The van der Waals surface area contributed by atoms with Crippen molar-refractivity contribution >= 4 is 39.1 Å². The van der Waals surface area contributed by atoms with Gasteiger partial charge in [0.15, 0.2) is 0 Å². The molecular formula is C18H19BrN2O2. The molecule has 4 nitrogen and oxygen atoms in total. The maximum absolute atomic E-state index is 12.3. The fourth-order valence-electron chi connectivity index (χ4n) is 2.01. The first-order chi connectivity index (χ1) is 10.9. The van der Waals surface area contributed by atoms with Gasteiger partial charge in [-0.2, -0.15) is 0 Å². The van der Waals surface area contributed by atoms with E-state index in [1.807, 2.05) is 32.0 Å². The highest BCUT2D eigenvalue weighted by Gasteiger charge is 2.09. The fraction of sp³-hybridized carbons (Fsp3) is 0.222. The van der Waals surface area contributed by atoms with Crippen molar-refractivity contribution in [2.75, 3.05) is 10.6 Å². The number of benzene rings is 2. The summed E-state index contributed by atoms with van der Waals surface area (Å²) >= 11 is 3.43. The summed E-state index contributed by atoms with van der Waals surface area (Å²) in [5.41, 5.74) is 3.94. The molecule has 0 spiro atoms. The van der Waals surface area contributed by atoms with Crippen molar-refractivity contribution < 1.29 is 9.59 Å². The van der Waals surface area contributed by atoms with Gasteiger partial charge in [-0.05, 0) is 49.2 Å². The van der Waals surface area contributed by atoms with Crippen LogP contribution < -0.4 is 10.6 Å². The molecule has 0 aromatic heterocycles. The number of nitrogens with one attached hydrogen (secondary N) is 2. The molecule has 0 aliphatic heterocycles. The van der Waals surface area contributed by atoms with E-state index in [9.17, 15) is 9.59 Å². The Hall–Kier alpha value is -2.14. The van der Waals surface area contributed by atoms with Crippen molar-refractivity contribution in [3.05, 3.63) is 57.6 Å². The summed E-state index contributed by atoms with van der Waals surface area (Å²) in [5.74, 6) is -0.249. The maximum atomic E-state index is 12.3. The summed E-state index contributed by atoms with van der Waals surface area (Å²) in [5, 5.41) is 5.68. The summed E-state index contributed by atoms with van der Waals surface area (Å²) in [7, 11) is 0. The van der Waals surface area contributed by atoms with Crippen LogP contribution in [-0.4, -0.2) is 11.8 Å². The second-order valence-corrected chi connectivity index (χ2v) is 6.20. The van der Waals surface area contributed by atoms with Crippen LogP contribution in [0.15, 0.2) is 40.9 Å². The minimum Gasteiger partial charge on any atom is -0.326 e. The third-order valence-electron chi connectivity index (χ3n) is 3.52. The van der Waals surface area contributed by atoms with E-state index in [-0.39, 0.29) is 11.8 Å². The van der Waals surface area contributed by atoms with Gasteiger partial charge in [0.1, 0.15) is 0 Å². The van der Waals surface area contributed by atoms with Gasteiger partial charge in [0.2, 0.25) is 5.91 Å². The van der Waals surface area contributed by atoms with Crippen molar-refractivity contribution in [1.29, 1.82) is 0 Å². The van der Waals surface area contributed by atoms with Crippen LogP contribution >= 0.6 is 15.9 Å². The largest absolute Gasteiger partial charge is 0.326 e. The van der Waals surface area contributed by atoms with Gasteiger partial charge in [-0.3, -0.25) is 9.59 Å². The van der Waals surface area contributed by atoms with Crippen molar-refractivity contribution in [2.45, 2.75) is 27.2 Å². The molecule has 0 saturated carbocycles. The Morgan fingerprint density at radius 3 is 2.35 bits per heavy atom. The van der Waals surface area contributed by atoms with Gasteiger partial charge in [-0.1, -0.05) is 35.0 Å². The van der Waals surface area contributed by atoms with E-state index in [0.717, 1.165) is 15.6 Å². The highest BCUT2D eigenvalue weighted by atomic mass is 79.9. The maximum Gasteiger partial charge on any atom is 0.255 e. The zero-order valence-corrected chi connectivity index (χ0v) is 15.0. The Morgan fingerprint density at radius 2 is 1.70 bits per heavy atom. The fourth-order valence-corrected chi connectivity index (χ4v) is 2.39. The number of anilines is 2. The van der Waals surface area contributed by atoms with E-state index in [1.54, 1.807) is 25.1 Å². The minimum atomic E-state index is -0.192. The lowest BCUT2D eigenvalue weighted by Crippen LogP contribution is -2.14. The molecular weight excluding hydrogens is 356 g/mol. The van der Waals surface area contributed by atoms with E-state index in [2.05, 4.69) is 26.6 Å². The number of rotatable bonds is 4. The van der Waals surface area contributed by atoms with E-state index in [1.165, 1.54) is 0 Å². The Balaban J connectivity index is 2.19. The van der Waals surface area contributed by atoms with E-state index < -0.39 is 0 Å². The molecule has 120 valence electrons. The van der Waals surface area contributed by atoms with Gasteiger partial charge in [-0.15, -0.1) is 0 Å². The zero-order valence-electron chi connectivity index (χ0n) is 13.4. The molecule has 2 aromatic rings. The summed E-state index contributed by atoms with van der Waals surface area (Å²) in [6.45, 7) is 5.67. The van der Waals surface area contributed by atoms with Gasteiger partial charge in [0, 0.05) is 27.8 Å². The van der Waals surface area contributed by atoms with Crippen LogP contribution in [0.2, 0.25) is 0 Å². The number of hydrogen-bond acceptors (Lipinski definition) is 2. The standard InChI is InChI=1S/C18H19BrN2O2/c1-4-17(22)21-16-10-14(8-6-12(16)3)20-18(23)13-7-5-11(2)15(19)9-13/h5-10H,4H2,1-3H3,(H,20,23)(H,21,22). The lowest BCUT2D eigenvalue weighted by molar-refractivity contribution is -0.115. The first kappa shape index (κ1) is 17.2. The van der Waals surface area contributed by atoms with Crippen LogP contribution in [0.4, 0.5) is 11.4 Å². The molecule has 0 aliphatic rings. The molecule has 0 atom stereocenters. The van der Waals surface area contributed by atoms with Gasteiger partial charge < -0.3 is 10.6 Å². The second-order valence-electron chi connectivity index (χ2n) is 5.35. The molecule has 0 bridgehead atoms. The molecule has 5 heteroatoms. The number of carbonyl (C=O) groups is 2. The van der Waals surface area contributed by atoms with Crippen molar-refractivity contribution in [2.24, 2.45) is 0 Å². The number of hydrogen-bond donors (Lipinski definition) is 2. The highest BCUT2D eigenvalue weighted by Crippen LogP contribution is 2.22. The number of amides is 2. The van der Waals surface area contributed by atoms with Gasteiger partial charge >= 0.3 is 0 Å². The lowest BCUT2D eigenvalue weighted by atomic mass is 10.1. The normalized spacial score (nSPS) is 10.3. The van der Waals surface area contributed by atoms with Gasteiger partial charge in [0.25, 0.3) is 5.91 Å². The average molecular weight is 375 g/mol. The molecule has 2 rings (SSSR count). The molecule has 0 unspecified atom stereocenters. The lowest BCUT2D eigenvalue weighted by Gasteiger charge is -2.11. The quantitative estimate of drug-likeness (QED) is 0.816. The molecule has 23 heavy (non-hydrogen) atoms. The first-order valence-electron chi connectivity index (χ1n) is 7.38. The van der Waals surface area contributed by atoms with Crippen LogP contribution in [0.5, 0.6) is 0 Å². The number of carbonyl (C=O) groups excluding carboxylic acids is 2. The van der Waals surface area contributed by atoms with Crippen LogP contribution in [0.1, 0.15) is 34.8 Å². The van der Waals surface area contributed by atoms with Crippen LogP contribution in [0, 0.1) is 13.8 Å². The molecule has 0 heterocycles. The topological polar surface area (TPSA) is 58.2 Å². The third-order valence-corrected chi connectivity index (χ3v) is 4.38. The monoisotopic (exact) mass is 374 g/mol. The molecule has 0 aliphatic carbocycles. The SMILES string of the molecule is CCC(=O)Nc1cc(NC(=O)c2ccc(C)c(Br)c2)ccc1C. The van der Waals surface area contributed by atoms with Crippen molar-refractivity contribution in [1.82, 2.24) is 0 Å².